The van der Waals surface area contributed by atoms with Crippen molar-refractivity contribution in [3.05, 3.63) is 63.0 Å². The van der Waals surface area contributed by atoms with Crippen LogP contribution in [0.3, 0.4) is 0 Å². The number of benzene rings is 1. The van der Waals surface area contributed by atoms with Gasteiger partial charge in [-0.15, -0.1) is 11.3 Å². The topological polar surface area (TPSA) is 72.2 Å². The number of nitrogens with zero attached hydrogens (tertiary/aromatic N) is 2. The van der Waals surface area contributed by atoms with E-state index in [1.807, 2.05) is 30.3 Å². The van der Waals surface area contributed by atoms with Crippen LogP contribution in [0.25, 0.3) is 10.2 Å². The summed E-state index contributed by atoms with van der Waals surface area (Å²) in [4.78, 5) is 30.4. The maximum absolute atomic E-state index is 12.9. The van der Waals surface area contributed by atoms with E-state index in [-0.39, 0.29) is 5.56 Å². The normalized spacial score (nSPS) is 16.6. The van der Waals surface area contributed by atoms with Gasteiger partial charge in [-0.1, -0.05) is 30.3 Å². The molecule has 6 heteroatoms. The molecule has 1 aromatic carbocycles. The van der Waals surface area contributed by atoms with Crippen LogP contribution >= 0.6 is 11.3 Å². The fraction of sp³-hybridized carbons (Fsp3) is 0.235. The zero-order valence-corrected chi connectivity index (χ0v) is 13.0. The van der Waals surface area contributed by atoms with Crippen LogP contribution in [-0.4, -0.2) is 20.6 Å². The van der Waals surface area contributed by atoms with Gasteiger partial charge in [-0.2, -0.15) is 0 Å². The van der Waals surface area contributed by atoms with E-state index in [2.05, 4.69) is 4.98 Å². The zero-order chi connectivity index (χ0) is 16.0. The quantitative estimate of drug-likeness (QED) is 0.803. The average Bonchev–Trinajstić information content (AvgIpc) is 3.10. The van der Waals surface area contributed by atoms with Gasteiger partial charge in [0.25, 0.3) is 5.56 Å². The molecule has 1 unspecified atom stereocenters. The Kier molecular flexibility index (Phi) is 3.27. The SMILES string of the molecule is O=C(O)C1CCc2sc3ncn(Cc4ccccc4)c(=O)c3c21. The van der Waals surface area contributed by atoms with Crippen LogP contribution in [0.2, 0.25) is 0 Å². The third-order valence-corrected chi connectivity index (χ3v) is 5.47. The van der Waals surface area contributed by atoms with Gasteiger partial charge in [0.2, 0.25) is 0 Å². The lowest BCUT2D eigenvalue weighted by molar-refractivity contribution is -0.138. The Hall–Kier alpha value is -2.47. The van der Waals surface area contributed by atoms with Crippen molar-refractivity contribution in [3.8, 4) is 0 Å². The summed E-state index contributed by atoms with van der Waals surface area (Å²) >= 11 is 1.45. The van der Waals surface area contributed by atoms with E-state index in [1.165, 1.54) is 11.3 Å². The Bertz CT molecular complexity index is 959. The molecule has 4 rings (SSSR count). The largest absolute Gasteiger partial charge is 0.481 e. The van der Waals surface area contributed by atoms with Crippen LogP contribution in [0, 0.1) is 0 Å². The third-order valence-electron chi connectivity index (χ3n) is 4.29. The van der Waals surface area contributed by atoms with Gasteiger partial charge < -0.3 is 5.11 Å². The molecule has 0 spiro atoms. The third kappa shape index (κ3) is 2.26. The maximum Gasteiger partial charge on any atom is 0.311 e. The molecule has 1 aliphatic carbocycles. The number of thiophene rings is 1. The molecule has 2 heterocycles. The fourth-order valence-corrected chi connectivity index (χ4v) is 4.41. The van der Waals surface area contributed by atoms with Gasteiger partial charge in [0, 0.05) is 4.88 Å². The first-order valence-electron chi connectivity index (χ1n) is 7.42. The van der Waals surface area contributed by atoms with Gasteiger partial charge in [0.05, 0.1) is 24.2 Å². The van der Waals surface area contributed by atoms with Crippen molar-refractivity contribution in [2.24, 2.45) is 0 Å². The predicted octanol–water partition coefficient (Wildman–Crippen LogP) is 2.62. The van der Waals surface area contributed by atoms with Crippen molar-refractivity contribution in [1.29, 1.82) is 0 Å². The van der Waals surface area contributed by atoms with Crippen LogP contribution in [0.1, 0.15) is 28.3 Å². The van der Waals surface area contributed by atoms with Crippen LogP contribution < -0.4 is 5.56 Å². The number of aromatic nitrogens is 2. The Labute approximate surface area is 135 Å². The van der Waals surface area contributed by atoms with Gasteiger partial charge in [-0.25, -0.2) is 4.98 Å². The number of carbonyl (C=O) groups is 1. The van der Waals surface area contributed by atoms with Gasteiger partial charge >= 0.3 is 5.97 Å². The van der Waals surface area contributed by atoms with E-state index in [0.717, 1.165) is 10.4 Å². The molecular weight excluding hydrogens is 312 g/mol. The molecule has 0 saturated heterocycles. The Morgan fingerprint density at radius 2 is 2.13 bits per heavy atom. The van der Waals surface area contributed by atoms with E-state index in [0.29, 0.717) is 35.2 Å². The maximum atomic E-state index is 12.9. The minimum absolute atomic E-state index is 0.149. The number of carboxylic acid groups (broad SMARTS) is 1. The van der Waals surface area contributed by atoms with Crippen LogP contribution in [0.5, 0.6) is 0 Å². The summed E-state index contributed by atoms with van der Waals surface area (Å²) in [5, 5.41) is 9.90. The Morgan fingerprint density at radius 1 is 1.35 bits per heavy atom. The summed E-state index contributed by atoms with van der Waals surface area (Å²) in [6.45, 7) is 0.435. The smallest absolute Gasteiger partial charge is 0.311 e. The fourth-order valence-electron chi connectivity index (χ4n) is 3.21. The number of fused-ring (bicyclic) bond motifs is 3. The molecule has 1 atom stereocenters. The Balaban J connectivity index is 1.87. The van der Waals surface area contributed by atoms with Crippen LogP contribution in [0.15, 0.2) is 41.5 Å². The van der Waals surface area contributed by atoms with Crippen molar-refractivity contribution in [2.45, 2.75) is 25.3 Å². The van der Waals surface area contributed by atoms with Crippen molar-refractivity contribution in [1.82, 2.24) is 9.55 Å². The highest BCUT2D eigenvalue weighted by atomic mass is 32.1. The first kappa shape index (κ1) is 14.1. The van der Waals surface area contributed by atoms with E-state index in [9.17, 15) is 14.7 Å². The molecule has 0 aliphatic heterocycles. The highest BCUT2D eigenvalue weighted by Crippen LogP contribution is 2.41. The first-order valence-corrected chi connectivity index (χ1v) is 8.24. The van der Waals surface area contributed by atoms with Crippen LogP contribution in [-0.2, 0) is 17.8 Å². The number of hydrogen-bond donors (Lipinski definition) is 1. The summed E-state index contributed by atoms with van der Waals surface area (Å²) in [5.74, 6) is -1.44. The molecule has 3 aromatic rings. The number of hydrogen-bond acceptors (Lipinski definition) is 4. The van der Waals surface area contributed by atoms with E-state index in [1.54, 1.807) is 10.9 Å². The van der Waals surface area contributed by atoms with Gasteiger partial charge in [0.1, 0.15) is 4.83 Å². The summed E-state index contributed by atoms with van der Waals surface area (Å²) in [6.07, 6.45) is 2.84. The van der Waals surface area contributed by atoms with Gasteiger partial charge in [-0.05, 0) is 24.0 Å². The highest BCUT2D eigenvalue weighted by molar-refractivity contribution is 7.18. The van der Waals surface area contributed by atoms with E-state index >= 15 is 0 Å². The van der Waals surface area contributed by atoms with E-state index < -0.39 is 11.9 Å². The summed E-state index contributed by atoms with van der Waals surface area (Å²) in [6, 6.07) is 9.69. The van der Waals surface area contributed by atoms with Crippen molar-refractivity contribution >= 4 is 27.5 Å². The molecule has 23 heavy (non-hydrogen) atoms. The number of rotatable bonds is 3. The van der Waals surface area contributed by atoms with Crippen molar-refractivity contribution in [2.75, 3.05) is 0 Å². The second kappa shape index (κ2) is 5.31. The molecule has 5 nitrogen and oxygen atoms in total. The molecule has 0 fully saturated rings. The molecule has 1 N–H and O–H groups in total. The predicted molar refractivity (Wildman–Crippen MR) is 88.1 cm³/mol. The zero-order valence-electron chi connectivity index (χ0n) is 12.2. The van der Waals surface area contributed by atoms with Crippen molar-refractivity contribution in [3.63, 3.8) is 0 Å². The molecule has 1 aliphatic rings. The lowest BCUT2D eigenvalue weighted by atomic mass is 10.0. The molecule has 0 radical (unpaired) electrons. The summed E-state index contributed by atoms with van der Waals surface area (Å²) < 4.78 is 1.56. The average molecular weight is 326 g/mol. The second-order valence-corrected chi connectivity index (χ2v) is 6.80. The first-order chi connectivity index (χ1) is 11.1. The van der Waals surface area contributed by atoms with E-state index in [4.69, 9.17) is 0 Å². The lowest BCUT2D eigenvalue weighted by Gasteiger charge is -2.08. The monoisotopic (exact) mass is 326 g/mol. The molecular formula is C17H14N2O3S. The standard InChI is InChI=1S/C17H14N2O3S/c20-16-14-13-11(17(21)22)6-7-12(13)23-15(14)18-9-19(16)8-10-4-2-1-3-5-10/h1-5,9,11H,6-8H2,(H,21,22). The molecule has 116 valence electrons. The highest BCUT2D eigenvalue weighted by Gasteiger charge is 2.34. The summed E-state index contributed by atoms with van der Waals surface area (Å²) in [5.41, 5.74) is 1.55. The van der Waals surface area contributed by atoms with Gasteiger partial charge in [-0.3, -0.25) is 14.2 Å². The molecule has 0 bridgehead atoms. The summed E-state index contributed by atoms with van der Waals surface area (Å²) in [7, 11) is 0. The van der Waals surface area contributed by atoms with Crippen LogP contribution in [0.4, 0.5) is 0 Å². The molecule has 0 amide bonds. The Morgan fingerprint density at radius 3 is 2.87 bits per heavy atom. The minimum atomic E-state index is -0.860. The lowest BCUT2D eigenvalue weighted by Crippen LogP contribution is -2.22. The minimum Gasteiger partial charge on any atom is -0.481 e. The van der Waals surface area contributed by atoms with Gasteiger partial charge in [0.15, 0.2) is 0 Å². The van der Waals surface area contributed by atoms with Crippen molar-refractivity contribution < 1.29 is 9.90 Å². The number of carboxylic acids is 1. The molecule has 0 saturated carbocycles. The second-order valence-electron chi connectivity index (χ2n) is 5.71. The number of aryl methyl sites for hydroxylation is 1. The number of aliphatic carboxylic acids is 1. The molecule has 2 aromatic heterocycles.